The summed E-state index contributed by atoms with van der Waals surface area (Å²) in [4.78, 5) is 0. The summed E-state index contributed by atoms with van der Waals surface area (Å²) in [6, 6.07) is 8.70. The molecular weight excluding hydrogens is 291 g/mol. The molecule has 1 aromatic carbocycles. The Morgan fingerprint density at radius 2 is 2.17 bits per heavy atom. The second-order valence-corrected chi connectivity index (χ2v) is 7.91. The quantitative estimate of drug-likeness (QED) is 0.783. The van der Waals surface area contributed by atoms with Crippen LogP contribution in [-0.4, -0.2) is 0 Å². The summed E-state index contributed by atoms with van der Waals surface area (Å²) in [5.74, 6) is 0.715. The third-order valence-electron chi connectivity index (χ3n) is 2.20. The van der Waals surface area contributed by atoms with Crippen LogP contribution in [0.25, 0.3) is 6.08 Å². The molecule has 0 heterocycles. The first-order valence-electron chi connectivity index (χ1n) is 4.02. The van der Waals surface area contributed by atoms with Crippen molar-refractivity contribution in [2.75, 3.05) is 0 Å². The zero-order valence-electron chi connectivity index (χ0n) is 6.63. The van der Waals surface area contributed by atoms with Crippen molar-refractivity contribution in [1.82, 2.24) is 0 Å². The third kappa shape index (κ3) is 1.65. The van der Waals surface area contributed by atoms with Gasteiger partial charge in [-0.1, -0.05) is 0 Å². The number of hydrogen-bond acceptors (Lipinski definition) is 0. The summed E-state index contributed by atoms with van der Waals surface area (Å²) in [6.45, 7) is 0. The van der Waals surface area contributed by atoms with Crippen LogP contribution in [0.2, 0.25) is 4.13 Å². The molecule has 1 aliphatic rings. The number of rotatable bonds is 2. The Morgan fingerprint density at radius 1 is 1.33 bits per heavy atom. The fraction of sp³-hybridized carbons (Fsp3) is 0.200. The van der Waals surface area contributed by atoms with E-state index < -0.39 is 0 Å². The molecule has 1 atom stereocenters. The van der Waals surface area contributed by atoms with E-state index in [0.29, 0.717) is 5.92 Å². The van der Waals surface area contributed by atoms with E-state index >= 15 is 0 Å². The Morgan fingerprint density at radius 3 is 3.00 bits per heavy atom. The number of benzene rings is 1. The molecule has 1 unspecified atom stereocenters. The van der Waals surface area contributed by atoms with Crippen LogP contribution in [0.15, 0.2) is 30.3 Å². The van der Waals surface area contributed by atoms with Crippen molar-refractivity contribution in [3.63, 3.8) is 0 Å². The third-order valence-corrected chi connectivity index (χ3v) is 5.58. The molecular formula is C10H9BrZr. The topological polar surface area (TPSA) is 0 Å². The summed E-state index contributed by atoms with van der Waals surface area (Å²) in [7, 11) is 0. The van der Waals surface area contributed by atoms with Crippen LogP contribution < -0.4 is 0 Å². The van der Waals surface area contributed by atoms with Crippen molar-refractivity contribution < 1.29 is 20.9 Å². The van der Waals surface area contributed by atoms with Crippen molar-refractivity contribution in [2.45, 2.75) is 10.0 Å². The molecule has 0 saturated heterocycles. The summed E-state index contributed by atoms with van der Waals surface area (Å²) in [5, 5.41) is 0. The fourth-order valence-electron chi connectivity index (χ4n) is 1.58. The number of allylic oxidation sites excluding steroid dienone is 1. The molecule has 0 saturated carbocycles. The van der Waals surface area contributed by atoms with E-state index in [-0.39, 0.29) is 20.9 Å². The first kappa shape index (κ1) is 8.90. The molecule has 0 nitrogen and oxygen atoms in total. The Bertz CT molecular complexity index is 306. The fourth-order valence-corrected chi connectivity index (χ4v) is 4.93. The predicted octanol–water partition coefficient (Wildman–Crippen LogP) is 3.61. The normalized spacial score (nSPS) is 19.2. The van der Waals surface area contributed by atoms with E-state index in [9.17, 15) is 0 Å². The van der Waals surface area contributed by atoms with E-state index in [1.807, 2.05) is 0 Å². The Hall–Kier alpha value is 0.323. The molecule has 60 valence electrons. The average molecular weight is 300 g/mol. The maximum absolute atomic E-state index is 3.65. The first-order chi connectivity index (χ1) is 5.92. The number of fused-ring (bicyclic) bond motifs is 1. The molecule has 0 N–H and O–H groups in total. The Kier molecular flexibility index (Phi) is 2.98. The zero-order chi connectivity index (χ0) is 8.39. The van der Waals surface area contributed by atoms with E-state index in [0.717, 1.165) is 0 Å². The van der Waals surface area contributed by atoms with Gasteiger partial charge in [0.05, 0.1) is 0 Å². The van der Waals surface area contributed by atoms with Gasteiger partial charge in [-0.3, -0.25) is 0 Å². The van der Waals surface area contributed by atoms with Gasteiger partial charge in [0.25, 0.3) is 0 Å². The van der Waals surface area contributed by atoms with Crippen LogP contribution in [0.1, 0.15) is 17.0 Å². The second-order valence-electron chi connectivity index (χ2n) is 2.93. The molecule has 1 aromatic rings. The molecule has 12 heavy (non-hydrogen) atoms. The van der Waals surface area contributed by atoms with Crippen LogP contribution in [0.3, 0.4) is 0 Å². The van der Waals surface area contributed by atoms with E-state index in [4.69, 9.17) is 0 Å². The average Bonchev–Trinajstić information content (AvgIpc) is 2.50. The van der Waals surface area contributed by atoms with Gasteiger partial charge in [0, 0.05) is 0 Å². The van der Waals surface area contributed by atoms with Crippen molar-refractivity contribution in [2.24, 2.45) is 0 Å². The molecule has 2 rings (SSSR count). The van der Waals surface area contributed by atoms with Crippen molar-refractivity contribution in [3.05, 3.63) is 41.5 Å². The number of halogens is 1. The molecule has 2 heteroatoms. The minimum absolute atomic E-state index is 0.234. The zero-order valence-corrected chi connectivity index (χ0v) is 10.7. The van der Waals surface area contributed by atoms with Crippen molar-refractivity contribution in [1.29, 1.82) is 0 Å². The molecule has 0 spiro atoms. The molecule has 0 aromatic heterocycles. The van der Waals surface area contributed by atoms with Crippen LogP contribution in [0, 0.1) is 0 Å². The minimum atomic E-state index is -0.234. The molecule has 0 fully saturated rings. The number of hydrogen-bond donors (Lipinski definition) is 0. The molecule has 0 radical (unpaired) electrons. The van der Waals surface area contributed by atoms with Gasteiger partial charge in [-0.25, -0.2) is 0 Å². The maximum atomic E-state index is 3.65. The predicted molar refractivity (Wildman–Crippen MR) is 52.0 cm³/mol. The molecule has 0 bridgehead atoms. The van der Waals surface area contributed by atoms with Gasteiger partial charge >= 0.3 is 90.7 Å². The van der Waals surface area contributed by atoms with E-state index in [1.54, 1.807) is 0 Å². The van der Waals surface area contributed by atoms with Gasteiger partial charge in [-0.15, -0.1) is 0 Å². The van der Waals surface area contributed by atoms with Gasteiger partial charge in [0.2, 0.25) is 0 Å². The van der Waals surface area contributed by atoms with Gasteiger partial charge in [-0.05, 0) is 0 Å². The first-order valence-corrected chi connectivity index (χ1v) is 11.4. The van der Waals surface area contributed by atoms with Crippen LogP contribution >= 0.6 is 12.2 Å². The van der Waals surface area contributed by atoms with Crippen molar-refractivity contribution in [3.8, 4) is 0 Å². The summed E-state index contributed by atoms with van der Waals surface area (Å²) < 4.78 is 1.37. The standard InChI is InChI=1S/C10H9.BrH.Zr/c1-8-6-7-9-4-2-3-5-10(8)9;;/h2-8H,1H2;1H;/q;;+1/p-1. The monoisotopic (exact) mass is 298 g/mol. The summed E-state index contributed by atoms with van der Waals surface area (Å²) in [5.41, 5.74) is 2.95. The van der Waals surface area contributed by atoms with Crippen LogP contribution in [0.4, 0.5) is 0 Å². The van der Waals surface area contributed by atoms with E-state index in [2.05, 4.69) is 48.6 Å². The SMILES string of the molecule is [Br][Zr][CH2]C1C=Cc2ccccc21. The van der Waals surface area contributed by atoms with Gasteiger partial charge in [0.1, 0.15) is 0 Å². The Balaban J connectivity index is 2.30. The van der Waals surface area contributed by atoms with Gasteiger partial charge < -0.3 is 0 Å². The Labute approximate surface area is 90.1 Å². The van der Waals surface area contributed by atoms with Gasteiger partial charge in [0.15, 0.2) is 0 Å². The molecule has 1 aliphatic carbocycles. The summed E-state index contributed by atoms with van der Waals surface area (Å²) >= 11 is 3.41. The molecule has 0 amide bonds. The second kappa shape index (κ2) is 4.02. The van der Waals surface area contributed by atoms with E-state index in [1.165, 1.54) is 15.3 Å². The van der Waals surface area contributed by atoms with Crippen LogP contribution in [-0.2, 0) is 20.9 Å². The van der Waals surface area contributed by atoms with Crippen molar-refractivity contribution >= 4 is 18.3 Å². The van der Waals surface area contributed by atoms with Gasteiger partial charge in [-0.2, -0.15) is 0 Å². The summed E-state index contributed by atoms with van der Waals surface area (Å²) in [6.07, 6.45) is 4.59. The van der Waals surface area contributed by atoms with Crippen LogP contribution in [0.5, 0.6) is 0 Å². The molecule has 0 aliphatic heterocycles.